The van der Waals surface area contributed by atoms with Gasteiger partial charge in [-0.15, -0.1) is 0 Å². The van der Waals surface area contributed by atoms with Crippen molar-refractivity contribution in [1.29, 1.82) is 0 Å². The minimum absolute atomic E-state index is 0.201. The molecule has 2 rings (SSSR count). The summed E-state index contributed by atoms with van der Waals surface area (Å²) < 4.78 is 11.0. The Balaban J connectivity index is 2.16. The Morgan fingerprint density at radius 1 is 1.31 bits per heavy atom. The first kappa shape index (κ1) is 20.8. The van der Waals surface area contributed by atoms with E-state index < -0.39 is 22.6 Å². The van der Waals surface area contributed by atoms with Crippen LogP contribution in [0.4, 0.5) is 0 Å². The Kier molecular flexibility index (Phi) is 5.51. The van der Waals surface area contributed by atoms with Crippen LogP contribution in [0.1, 0.15) is 66.7 Å². The molecule has 0 bridgehead atoms. The van der Waals surface area contributed by atoms with Crippen LogP contribution in [-0.4, -0.2) is 46.6 Å². The van der Waals surface area contributed by atoms with Crippen LogP contribution in [0.2, 0.25) is 0 Å². The molecule has 1 fully saturated rings. The van der Waals surface area contributed by atoms with Gasteiger partial charge in [0.25, 0.3) is 0 Å². The van der Waals surface area contributed by atoms with Crippen molar-refractivity contribution in [3.8, 4) is 0 Å². The molecule has 1 saturated heterocycles. The molecule has 0 radical (unpaired) electrons. The fraction of sp³-hybridized carbons (Fsp3) is 0.750. The molecule has 1 heterocycles. The zero-order chi connectivity index (χ0) is 19.9. The van der Waals surface area contributed by atoms with Gasteiger partial charge in [-0.1, -0.05) is 6.92 Å². The standard InChI is InChI=1S/C20H30O6/c1-12(17(23)25-6)8-7-9-18(5)10-11-19(26-18)16(22)13(2)14(3)20(19,24)15(4)21/h12,24H,7-11H2,1-6H3/t12?,18-,19-,20+/m0/s1. The van der Waals surface area contributed by atoms with Gasteiger partial charge in [0, 0.05) is 0 Å². The number of hydrogen-bond donors (Lipinski definition) is 1. The maximum atomic E-state index is 12.9. The average Bonchev–Trinajstić information content (AvgIpc) is 3.02. The van der Waals surface area contributed by atoms with Crippen LogP contribution in [0, 0.1) is 5.92 Å². The lowest BCUT2D eigenvalue weighted by Crippen LogP contribution is -2.60. The Labute approximate surface area is 154 Å². The molecule has 0 aromatic rings. The molecule has 2 aliphatic rings. The van der Waals surface area contributed by atoms with Crippen LogP contribution in [0.25, 0.3) is 0 Å². The molecule has 1 aliphatic carbocycles. The monoisotopic (exact) mass is 366 g/mol. The predicted octanol–water partition coefficient (Wildman–Crippen LogP) is 2.51. The van der Waals surface area contributed by atoms with Crippen LogP contribution >= 0.6 is 0 Å². The molecule has 0 aromatic heterocycles. The van der Waals surface area contributed by atoms with Crippen LogP contribution in [-0.2, 0) is 23.9 Å². The van der Waals surface area contributed by atoms with Gasteiger partial charge < -0.3 is 14.6 Å². The van der Waals surface area contributed by atoms with Crippen molar-refractivity contribution in [2.75, 3.05) is 7.11 Å². The molecule has 1 N–H and O–H groups in total. The molecule has 26 heavy (non-hydrogen) atoms. The van der Waals surface area contributed by atoms with E-state index in [0.29, 0.717) is 36.8 Å². The van der Waals surface area contributed by atoms with Crippen molar-refractivity contribution in [2.45, 2.75) is 83.5 Å². The van der Waals surface area contributed by atoms with Crippen molar-refractivity contribution >= 4 is 17.5 Å². The molecule has 146 valence electrons. The zero-order valence-corrected chi connectivity index (χ0v) is 16.6. The largest absolute Gasteiger partial charge is 0.469 e. The number of carbonyl (C=O) groups is 3. The zero-order valence-electron chi connectivity index (χ0n) is 16.6. The number of hydrogen-bond acceptors (Lipinski definition) is 6. The average molecular weight is 366 g/mol. The van der Waals surface area contributed by atoms with Crippen molar-refractivity contribution in [3.05, 3.63) is 11.1 Å². The van der Waals surface area contributed by atoms with Gasteiger partial charge in [-0.2, -0.15) is 0 Å². The maximum Gasteiger partial charge on any atom is 0.308 e. The normalized spacial score (nSPS) is 35.3. The minimum atomic E-state index is -1.90. The summed E-state index contributed by atoms with van der Waals surface area (Å²) in [5.41, 5.74) is -3.24. The molecule has 0 aromatic carbocycles. The Morgan fingerprint density at radius 3 is 2.46 bits per heavy atom. The summed E-state index contributed by atoms with van der Waals surface area (Å²) in [6.07, 6.45) is 2.89. The van der Waals surface area contributed by atoms with Crippen molar-refractivity contribution in [3.63, 3.8) is 0 Å². The number of ketones is 2. The highest BCUT2D eigenvalue weighted by molar-refractivity contribution is 6.14. The van der Waals surface area contributed by atoms with Gasteiger partial charge in [-0.25, -0.2) is 0 Å². The molecule has 1 unspecified atom stereocenters. The van der Waals surface area contributed by atoms with E-state index in [1.807, 2.05) is 13.8 Å². The summed E-state index contributed by atoms with van der Waals surface area (Å²) >= 11 is 0. The lowest BCUT2D eigenvalue weighted by molar-refractivity contribution is -0.188. The highest BCUT2D eigenvalue weighted by Crippen LogP contribution is 2.54. The second kappa shape index (κ2) is 6.89. The van der Waals surface area contributed by atoms with Gasteiger partial charge in [-0.05, 0) is 70.9 Å². The summed E-state index contributed by atoms with van der Waals surface area (Å²) in [5, 5.41) is 11.2. The minimum Gasteiger partial charge on any atom is -0.469 e. The van der Waals surface area contributed by atoms with E-state index in [4.69, 9.17) is 9.47 Å². The fourth-order valence-electron chi connectivity index (χ4n) is 4.42. The molecule has 0 amide bonds. The van der Waals surface area contributed by atoms with Gasteiger partial charge >= 0.3 is 5.97 Å². The highest BCUT2D eigenvalue weighted by atomic mass is 16.6. The molecule has 1 spiro atoms. The molecule has 0 saturated carbocycles. The lowest BCUT2D eigenvalue weighted by Gasteiger charge is -2.39. The van der Waals surface area contributed by atoms with Crippen molar-refractivity contribution < 1.29 is 29.0 Å². The third-order valence-electron chi connectivity index (χ3n) is 6.28. The Bertz CT molecular complexity index is 665. The van der Waals surface area contributed by atoms with E-state index in [1.54, 1.807) is 13.8 Å². The number of carbonyl (C=O) groups excluding carboxylic acids is 3. The predicted molar refractivity (Wildman–Crippen MR) is 95.5 cm³/mol. The highest BCUT2D eigenvalue weighted by Gasteiger charge is 2.69. The smallest absolute Gasteiger partial charge is 0.308 e. The molecule has 6 heteroatoms. The summed E-state index contributed by atoms with van der Waals surface area (Å²) in [4.78, 5) is 36.7. The quantitative estimate of drug-likeness (QED) is 0.727. The number of rotatable bonds is 6. The molecular weight excluding hydrogens is 336 g/mol. The third kappa shape index (κ3) is 2.93. The number of Topliss-reactive ketones (excluding diaryl/α,β-unsaturated/α-hetero) is 2. The van der Waals surface area contributed by atoms with Gasteiger partial charge in [-0.3, -0.25) is 14.4 Å². The van der Waals surface area contributed by atoms with Crippen molar-refractivity contribution in [1.82, 2.24) is 0 Å². The van der Waals surface area contributed by atoms with E-state index >= 15 is 0 Å². The molecule has 4 atom stereocenters. The number of esters is 1. The summed E-state index contributed by atoms with van der Waals surface area (Å²) in [7, 11) is 1.37. The van der Waals surface area contributed by atoms with E-state index in [9.17, 15) is 19.5 Å². The summed E-state index contributed by atoms with van der Waals surface area (Å²) in [6, 6.07) is 0. The van der Waals surface area contributed by atoms with Crippen LogP contribution < -0.4 is 0 Å². The summed E-state index contributed by atoms with van der Waals surface area (Å²) in [5.74, 6) is -1.21. The molecular formula is C20H30O6. The topological polar surface area (TPSA) is 89.9 Å². The van der Waals surface area contributed by atoms with Crippen LogP contribution in [0.3, 0.4) is 0 Å². The fourth-order valence-corrected chi connectivity index (χ4v) is 4.42. The third-order valence-corrected chi connectivity index (χ3v) is 6.28. The molecule has 1 aliphatic heterocycles. The van der Waals surface area contributed by atoms with Crippen LogP contribution in [0.5, 0.6) is 0 Å². The van der Waals surface area contributed by atoms with Crippen LogP contribution in [0.15, 0.2) is 11.1 Å². The van der Waals surface area contributed by atoms with Gasteiger partial charge in [0.15, 0.2) is 22.8 Å². The lowest BCUT2D eigenvalue weighted by atomic mass is 9.77. The number of methoxy groups -OCH3 is 1. The number of ether oxygens (including phenoxy) is 2. The first-order valence-corrected chi connectivity index (χ1v) is 9.19. The Morgan fingerprint density at radius 2 is 1.92 bits per heavy atom. The first-order valence-electron chi connectivity index (χ1n) is 9.19. The second-order valence-corrected chi connectivity index (χ2v) is 8.04. The van der Waals surface area contributed by atoms with Gasteiger partial charge in [0.2, 0.25) is 0 Å². The van der Waals surface area contributed by atoms with E-state index in [0.717, 1.165) is 6.42 Å². The van der Waals surface area contributed by atoms with E-state index in [-0.39, 0.29) is 17.7 Å². The Hall–Kier alpha value is -1.53. The van der Waals surface area contributed by atoms with E-state index in [1.165, 1.54) is 14.0 Å². The SMILES string of the molecule is COC(=O)C(C)CCC[C@@]1(C)CC[C@]2(O1)C(=O)C(C)=C(C)[C@@]2(O)C(C)=O. The maximum absolute atomic E-state index is 12.9. The summed E-state index contributed by atoms with van der Waals surface area (Å²) in [6.45, 7) is 8.28. The molecule has 6 nitrogen and oxygen atoms in total. The second-order valence-electron chi connectivity index (χ2n) is 8.04. The van der Waals surface area contributed by atoms with Crippen molar-refractivity contribution in [2.24, 2.45) is 5.92 Å². The van der Waals surface area contributed by atoms with E-state index in [2.05, 4.69) is 0 Å². The van der Waals surface area contributed by atoms with Gasteiger partial charge in [0.1, 0.15) is 0 Å². The number of aliphatic hydroxyl groups is 1. The van der Waals surface area contributed by atoms with Gasteiger partial charge in [0.05, 0.1) is 18.6 Å². The first-order chi connectivity index (χ1) is 11.9.